The van der Waals surface area contributed by atoms with Gasteiger partial charge in [0.25, 0.3) is 0 Å². The first-order chi connectivity index (χ1) is 25.3. The van der Waals surface area contributed by atoms with Crippen LogP contribution in [-0.2, 0) is 23.7 Å². The minimum absolute atomic E-state index is 0.0297. The highest BCUT2D eigenvalue weighted by atomic mass is 16.8. The normalized spacial score (nSPS) is 37.8. The van der Waals surface area contributed by atoms with Crippen molar-refractivity contribution in [1.82, 2.24) is 0 Å². The zero-order chi connectivity index (χ0) is 38.3. The predicted octanol–water partition coefficient (Wildman–Crippen LogP) is -4.30. The van der Waals surface area contributed by atoms with Crippen molar-refractivity contribution >= 4 is 11.0 Å². The second-order valence-corrected chi connectivity index (χ2v) is 12.8. The number of aliphatic hydroxyl groups is 10. The molecule has 12 N–H and O–H groups in total. The summed E-state index contributed by atoms with van der Waals surface area (Å²) in [4.78, 5) is 13.1. The van der Waals surface area contributed by atoms with Crippen molar-refractivity contribution in [3.05, 3.63) is 52.9 Å². The lowest BCUT2D eigenvalue weighted by atomic mass is 9.96. The van der Waals surface area contributed by atoms with E-state index < -0.39 is 123 Å². The van der Waals surface area contributed by atoms with Gasteiger partial charge in [-0.3, -0.25) is 4.79 Å². The average Bonchev–Trinajstić information content (AvgIpc) is 3.14. The van der Waals surface area contributed by atoms with E-state index in [9.17, 15) is 66.1 Å². The molecule has 0 amide bonds. The van der Waals surface area contributed by atoms with Gasteiger partial charge in [-0.25, -0.2) is 0 Å². The highest BCUT2D eigenvalue weighted by molar-refractivity contribution is 5.88. The Hall–Kier alpha value is -3.55. The molecular weight excluding hydrogens is 716 g/mol. The van der Waals surface area contributed by atoms with Crippen molar-refractivity contribution in [2.75, 3.05) is 19.8 Å². The summed E-state index contributed by atoms with van der Waals surface area (Å²) in [6, 6.07) is 7.91. The topological polar surface area (TPSA) is 328 Å². The van der Waals surface area contributed by atoms with Crippen molar-refractivity contribution in [3.8, 4) is 28.4 Å². The number of rotatable bonds is 10. The molecule has 0 radical (unpaired) electrons. The second kappa shape index (κ2) is 16.0. The minimum Gasteiger partial charge on any atom is -0.508 e. The van der Waals surface area contributed by atoms with Gasteiger partial charge in [0.2, 0.25) is 11.7 Å². The molecular formula is C33H40O20. The van der Waals surface area contributed by atoms with E-state index in [2.05, 4.69) is 0 Å². The maximum absolute atomic E-state index is 13.1. The van der Waals surface area contributed by atoms with Gasteiger partial charge < -0.3 is 94.1 Å². The molecule has 15 atom stereocenters. The number of aliphatic hydroxyl groups excluding tert-OH is 10. The van der Waals surface area contributed by atoms with Gasteiger partial charge in [-0.2, -0.15) is 0 Å². The van der Waals surface area contributed by atoms with E-state index in [1.807, 2.05) is 0 Å². The molecule has 6 rings (SSSR count). The van der Waals surface area contributed by atoms with Gasteiger partial charge in [0, 0.05) is 12.1 Å². The number of hydrogen-bond acceptors (Lipinski definition) is 20. The van der Waals surface area contributed by atoms with E-state index in [1.54, 1.807) is 0 Å². The summed E-state index contributed by atoms with van der Waals surface area (Å²) in [5.41, 5.74) is -0.187. The highest BCUT2D eigenvalue weighted by Gasteiger charge is 2.53. The highest BCUT2D eigenvalue weighted by Crippen LogP contribution is 2.34. The molecule has 53 heavy (non-hydrogen) atoms. The molecule has 4 heterocycles. The second-order valence-electron chi connectivity index (χ2n) is 12.8. The number of aromatic hydroxyl groups is 2. The quantitative estimate of drug-likeness (QED) is 0.0931. The lowest BCUT2D eigenvalue weighted by Crippen LogP contribution is -2.66. The molecule has 0 saturated carbocycles. The number of benzene rings is 2. The molecule has 3 aliphatic rings. The summed E-state index contributed by atoms with van der Waals surface area (Å²) in [5, 5.41) is 123. The van der Waals surface area contributed by atoms with Crippen LogP contribution in [0.4, 0.5) is 0 Å². The zero-order valence-electron chi connectivity index (χ0n) is 27.5. The first kappa shape index (κ1) is 39.2. The predicted molar refractivity (Wildman–Crippen MR) is 171 cm³/mol. The third kappa shape index (κ3) is 7.58. The SMILES string of the molecule is O=c1c(-c2ccc(O[C@@H]3O[C@H](CO)[C@@H](O[C@H]4O[C@H](CO)[C@@H](O[C@H]5O[C@H](CO)[C@@H](O)[C@H](O)[C@H]5O)[C@H](O)[C@H]4O)[C@H](O)[C@H]3O)cc2)coc2cc(O)cc(O)c12. The van der Waals surface area contributed by atoms with Crippen LogP contribution in [0.5, 0.6) is 17.2 Å². The third-order valence-corrected chi connectivity index (χ3v) is 9.33. The van der Waals surface area contributed by atoms with Crippen molar-refractivity contribution in [1.29, 1.82) is 0 Å². The summed E-state index contributed by atoms with van der Waals surface area (Å²) in [7, 11) is 0. The van der Waals surface area contributed by atoms with Crippen LogP contribution in [0.2, 0.25) is 0 Å². The fourth-order valence-corrected chi connectivity index (χ4v) is 6.41. The van der Waals surface area contributed by atoms with E-state index in [0.717, 1.165) is 12.3 Å². The number of phenols is 2. The fourth-order valence-electron chi connectivity index (χ4n) is 6.41. The lowest BCUT2D eigenvalue weighted by Gasteiger charge is -2.48. The maximum Gasteiger partial charge on any atom is 0.229 e. The molecule has 1 aromatic heterocycles. The monoisotopic (exact) mass is 756 g/mol. The number of fused-ring (bicyclic) bond motifs is 1. The van der Waals surface area contributed by atoms with Gasteiger partial charge in [-0.15, -0.1) is 0 Å². The molecule has 0 bridgehead atoms. The Morgan fingerprint density at radius 1 is 0.604 bits per heavy atom. The first-order valence-electron chi connectivity index (χ1n) is 16.4. The van der Waals surface area contributed by atoms with Crippen LogP contribution in [0, 0.1) is 0 Å². The molecule has 3 aromatic rings. The van der Waals surface area contributed by atoms with E-state index in [4.69, 9.17) is 32.8 Å². The number of hydrogen-bond donors (Lipinski definition) is 12. The van der Waals surface area contributed by atoms with Crippen LogP contribution in [0.3, 0.4) is 0 Å². The smallest absolute Gasteiger partial charge is 0.229 e. The third-order valence-electron chi connectivity index (χ3n) is 9.33. The van der Waals surface area contributed by atoms with Gasteiger partial charge in [0.1, 0.15) is 108 Å². The molecule has 2 aromatic carbocycles. The van der Waals surface area contributed by atoms with E-state index in [1.165, 1.54) is 30.3 Å². The van der Waals surface area contributed by atoms with Crippen LogP contribution < -0.4 is 10.2 Å². The molecule has 3 fully saturated rings. The molecule has 20 nitrogen and oxygen atoms in total. The van der Waals surface area contributed by atoms with Crippen molar-refractivity contribution in [3.63, 3.8) is 0 Å². The van der Waals surface area contributed by atoms with Crippen LogP contribution in [0.15, 0.2) is 51.9 Å². The van der Waals surface area contributed by atoms with Crippen molar-refractivity contribution in [2.24, 2.45) is 0 Å². The summed E-state index contributed by atoms with van der Waals surface area (Å²) in [5.74, 6) is -0.682. The average molecular weight is 757 g/mol. The summed E-state index contributed by atoms with van der Waals surface area (Å²) in [6.45, 7) is -2.45. The summed E-state index contributed by atoms with van der Waals surface area (Å²) >= 11 is 0. The molecule has 3 saturated heterocycles. The Morgan fingerprint density at radius 3 is 1.68 bits per heavy atom. The van der Waals surface area contributed by atoms with Crippen LogP contribution in [-0.4, -0.2) is 173 Å². The zero-order valence-corrected chi connectivity index (χ0v) is 27.5. The van der Waals surface area contributed by atoms with Crippen molar-refractivity contribution in [2.45, 2.75) is 92.1 Å². The fraction of sp³-hybridized carbons (Fsp3) is 0.545. The van der Waals surface area contributed by atoms with E-state index in [-0.39, 0.29) is 28.0 Å². The standard InChI is InChI=1S/C33H40O20/c34-7-17-22(40)23(41)26(44)32(49-17)52-30-19(9-36)51-33(28(46)25(30)43)53-29-18(8-35)50-31(27(45)24(29)42)48-13-3-1-11(2-4-13)14-10-47-16-6-12(37)5-15(38)20(16)21(14)39/h1-6,10,17-19,22-38,40-46H,7-9H2/t17-,18-,19-,22-,23+,24-,25-,26-,27-,28-,29-,30-,31-,32-,33-/m1/s1. The van der Waals surface area contributed by atoms with Crippen molar-refractivity contribution < 1.29 is 94.1 Å². The Bertz CT molecular complexity index is 1750. The minimum atomic E-state index is -1.98. The maximum atomic E-state index is 13.1. The van der Waals surface area contributed by atoms with Crippen LogP contribution in [0.1, 0.15) is 0 Å². The van der Waals surface area contributed by atoms with E-state index in [0.29, 0.717) is 5.56 Å². The molecule has 0 aliphatic carbocycles. The number of ether oxygens (including phenoxy) is 6. The molecule has 292 valence electrons. The molecule has 20 heteroatoms. The summed E-state index contributed by atoms with van der Waals surface area (Å²) in [6.07, 6.45) is -24.6. The Morgan fingerprint density at radius 2 is 1.11 bits per heavy atom. The summed E-state index contributed by atoms with van der Waals surface area (Å²) < 4.78 is 38.8. The largest absolute Gasteiger partial charge is 0.508 e. The van der Waals surface area contributed by atoms with Crippen LogP contribution >= 0.6 is 0 Å². The Balaban J connectivity index is 1.11. The van der Waals surface area contributed by atoms with E-state index >= 15 is 0 Å². The Kier molecular flexibility index (Phi) is 11.9. The van der Waals surface area contributed by atoms with Gasteiger partial charge in [-0.1, -0.05) is 12.1 Å². The van der Waals surface area contributed by atoms with Gasteiger partial charge in [0.15, 0.2) is 12.6 Å². The number of phenolic OH excluding ortho intramolecular Hbond substituents is 2. The molecule has 3 aliphatic heterocycles. The van der Waals surface area contributed by atoms with Gasteiger partial charge in [-0.05, 0) is 17.7 Å². The van der Waals surface area contributed by atoms with Gasteiger partial charge in [0.05, 0.1) is 25.4 Å². The first-order valence-corrected chi connectivity index (χ1v) is 16.4. The molecule has 0 spiro atoms. The lowest BCUT2D eigenvalue weighted by molar-refractivity contribution is -0.376. The Labute approximate surface area is 298 Å². The molecule has 0 unspecified atom stereocenters. The van der Waals surface area contributed by atoms with Crippen LogP contribution in [0.25, 0.3) is 22.1 Å². The van der Waals surface area contributed by atoms with Gasteiger partial charge >= 0.3 is 0 Å².